The Hall–Kier alpha value is -3.73. The average molecular weight is 428 g/mol. The van der Waals surface area contributed by atoms with Crippen molar-refractivity contribution < 1.29 is 18.7 Å². The van der Waals surface area contributed by atoms with Gasteiger partial charge in [-0.1, -0.05) is 54.6 Å². The van der Waals surface area contributed by atoms with Gasteiger partial charge in [0.2, 0.25) is 0 Å². The number of furan rings is 1. The number of hydrogen-bond acceptors (Lipinski definition) is 4. The lowest BCUT2D eigenvalue weighted by Crippen LogP contribution is -2.31. The summed E-state index contributed by atoms with van der Waals surface area (Å²) in [6, 6.07) is 25.7. The Balaban J connectivity index is 1.36. The number of hydrogen-bond donors (Lipinski definition) is 0. The molecule has 0 fully saturated rings. The summed E-state index contributed by atoms with van der Waals surface area (Å²) in [4.78, 5) is 15.3. The number of nitrogens with zero attached hydrogens (tertiary/aromatic N) is 1. The molecule has 1 aromatic heterocycles. The van der Waals surface area contributed by atoms with Crippen molar-refractivity contribution in [2.24, 2.45) is 0 Å². The molecule has 2 heterocycles. The molecule has 5 rings (SSSR count). The zero-order valence-corrected chi connectivity index (χ0v) is 17.8. The number of rotatable bonds is 7. The number of ether oxygens (including phenoxy) is 2. The molecule has 0 atom stereocenters. The van der Waals surface area contributed by atoms with E-state index in [0.717, 1.165) is 40.9 Å². The van der Waals surface area contributed by atoms with Crippen LogP contribution in [0.1, 0.15) is 28.1 Å². The second-order valence-electron chi connectivity index (χ2n) is 7.94. The predicted octanol–water partition coefficient (Wildman–Crippen LogP) is 5.48. The van der Waals surface area contributed by atoms with Crippen LogP contribution in [0, 0.1) is 0 Å². The molecule has 4 aromatic rings. The van der Waals surface area contributed by atoms with Crippen LogP contribution in [0.2, 0.25) is 0 Å². The molecule has 0 N–H and O–H groups in total. The van der Waals surface area contributed by atoms with Gasteiger partial charge in [0.15, 0.2) is 17.3 Å². The van der Waals surface area contributed by atoms with Crippen LogP contribution in [-0.2, 0) is 13.0 Å². The van der Waals surface area contributed by atoms with Crippen molar-refractivity contribution in [2.75, 3.05) is 19.8 Å². The Morgan fingerprint density at radius 2 is 1.59 bits per heavy atom. The van der Waals surface area contributed by atoms with Gasteiger partial charge < -0.3 is 18.8 Å². The first kappa shape index (κ1) is 20.2. The van der Waals surface area contributed by atoms with Gasteiger partial charge in [0, 0.05) is 18.5 Å². The molecule has 1 aliphatic rings. The summed E-state index contributed by atoms with van der Waals surface area (Å²) in [5.41, 5.74) is 2.99. The van der Waals surface area contributed by atoms with Crippen molar-refractivity contribution >= 4 is 16.9 Å². The lowest BCUT2D eigenvalue weighted by Gasteiger charge is -2.24. The third kappa shape index (κ3) is 4.47. The number of para-hydroxylation sites is 1. The lowest BCUT2D eigenvalue weighted by molar-refractivity contribution is 0.0711. The highest BCUT2D eigenvalue weighted by Gasteiger charge is 2.21. The Bertz CT molecular complexity index is 1180. The van der Waals surface area contributed by atoms with Gasteiger partial charge in [0.25, 0.3) is 5.91 Å². The van der Waals surface area contributed by atoms with Crippen LogP contribution in [0.5, 0.6) is 11.5 Å². The number of carbonyl (C=O) groups excluding carboxylic acids is 1. The van der Waals surface area contributed by atoms with Crippen molar-refractivity contribution in [1.82, 2.24) is 4.90 Å². The van der Waals surface area contributed by atoms with E-state index in [1.54, 1.807) is 0 Å². The first-order valence-electron chi connectivity index (χ1n) is 11.0. The summed E-state index contributed by atoms with van der Waals surface area (Å²) >= 11 is 0. The minimum absolute atomic E-state index is 0.107. The molecule has 5 nitrogen and oxygen atoms in total. The van der Waals surface area contributed by atoms with Gasteiger partial charge in [-0.25, -0.2) is 0 Å². The molecular formula is C27H25NO4. The SMILES string of the molecule is O=C(c1cc2ccccc2o1)N(CCCc1ccccc1)Cc1ccc2c(c1)OCCO2. The third-order valence-corrected chi connectivity index (χ3v) is 5.64. The van der Waals surface area contributed by atoms with Gasteiger partial charge in [0.1, 0.15) is 18.8 Å². The predicted molar refractivity (Wildman–Crippen MR) is 123 cm³/mol. The Labute approximate surface area is 187 Å². The topological polar surface area (TPSA) is 51.9 Å². The molecular weight excluding hydrogens is 402 g/mol. The Morgan fingerprint density at radius 3 is 2.44 bits per heavy atom. The minimum Gasteiger partial charge on any atom is -0.486 e. The van der Waals surface area contributed by atoms with E-state index in [-0.39, 0.29) is 5.91 Å². The fourth-order valence-corrected chi connectivity index (χ4v) is 4.02. The zero-order valence-electron chi connectivity index (χ0n) is 17.8. The van der Waals surface area contributed by atoms with Crippen molar-refractivity contribution in [3.63, 3.8) is 0 Å². The van der Waals surface area contributed by atoms with Gasteiger partial charge >= 0.3 is 0 Å². The quantitative estimate of drug-likeness (QED) is 0.392. The first-order valence-corrected chi connectivity index (χ1v) is 11.0. The number of aryl methyl sites for hydroxylation is 1. The highest BCUT2D eigenvalue weighted by Crippen LogP contribution is 2.31. The molecule has 0 bridgehead atoms. The maximum atomic E-state index is 13.4. The summed E-state index contributed by atoms with van der Waals surface area (Å²) in [6.45, 7) is 2.19. The summed E-state index contributed by atoms with van der Waals surface area (Å²) in [5, 5.41) is 0.930. The van der Waals surface area contributed by atoms with Crippen molar-refractivity contribution in [3.8, 4) is 11.5 Å². The first-order chi connectivity index (χ1) is 15.8. The Kier molecular flexibility index (Phi) is 5.79. The average Bonchev–Trinajstić information content (AvgIpc) is 3.28. The molecule has 1 amide bonds. The number of amides is 1. The van der Waals surface area contributed by atoms with Crippen molar-refractivity contribution in [2.45, 2.75) is 19.4 Å². The van der Waals surface area contributed by atoms with Crippen LogP contribution in [0.3, 0.4) is 0 Å². The van der Waals surface area contributed by atoms with Crippen molar-refractivity contribution in [3.05, 3.63) is 95.7 Å². The molecule has 0 saturated carbocycles. The highest BCUT2D eigenvalue weighted by molar-refractivity contribution is 5.96. The van der Waals surface area contributed by atoms with Crippen LogP contribution in [0.4, 0.5) is 0 Å². The third-order valence-electron chi connectivity index (χ3n) is 5.64. The van der Waals surface area contributed by atoms with Gasteiger partial charge in [0.05, 0.1) is 0 Å². The molecule has 0 saturated heterocycles. The van der Waals surface area contributed by atoms with Crippen LogP contribution >= 0.6 is 0 Å². The summed E-state index contributed by atoms with van der Waals surface area (Å²) in [5.74, 6) is 1.74. The largest absolute Gasteiger partial charge is 0.486 e. The number of carbonyl (C=O) groups is 1. The fraction of sp³-hybridized carbons (Fsp3) is 0.222. The zero-order chi connectivity index (χ0) is 21.8. The van der Waals surface area contributed by atoms with E-state index < -0.39 is 0 Å². The second-order valence-corrected chi connectivity index (χ2v) is 7.94. The van der Waals surface area contributed by atoms with E-state index in [2.05, 4.69) is 12.1 Å². The van der Waals surface area contributed by atoms with E-state index in [1.165, 1.54) is 5.56 Å². The highest BCUT2D eigenvalue weighted by atomic mass is 16.6. The number of fused-ring (bicyclic) bond motifs is 2. The van der Waals surface area contributed by atoms with E-state index in [9.17, 15) is 4.79 Å². The maximum Gasteiger partial charge on any atom is 0.289 e. The number of benzene rings is 3. The monoisotopic (exact) mass is 427 g/mol. The molecule has 0 spiro atoms. The summed E-state index contributed by atoms with van der Waals surface area (Å²) < 4.78 is 17.2. The van der Waals surface area contributed by atoms with E-state index in [4.69, 9.17) is 13.9 Å². The smallest absolute Gasteiger partial charge is 0.289 e. The van der Waals surface area contributed by atoms with Crippen LogP contribution in [0.25, 0.3) is 11.0 Å². The Morgan fingerprint density at radius 1 is 0.812 bits per heavy atom. The summed E-state index contributed by atoms with van der Waals surface area (Å²) in [6.07, 6.45) is 1.77. The molecule has 1 aliphatic heterocycles. The molecule has 162 valence electrons. The normalized spacial score (nSPS) is 12.6. The molecule has 0 aliphatic carbocycles. The van der Waals surface area contributed by atoms with Gasteiger partial charge in [-0.15, -0.1) is 0 Å². The molecule has 0 unspecified atom stereocenters. The van der Waals surface area contributed by atoms with Crippen LogP contribution in [0.15, 0.2) is 83.3 Å². The molecule has 0 radical (unpaired) electrons. The molecule has 5 heteroatoms. The molecule has 3 aromatic carbocycles. The van der Waals surface area contributed by atoms with Crippen LogP contribution < -0.4 is 9.47 Å². The molecule has 32 heavy (non-hydrogen) atoms. The minimum atomic E-state index is -0.107. The summed E-state index contributed by atoms with van der Waals surface area (Å²) in [7, 11) is 0. The lowest BCUT2D eigenvalue weighted by atomic mass is 10.1. The van der Waals surface area contributed by atoms with Crippen molar-refractivity contribution in [1.29, 1.82) is 0 Å². The van der Waals surface area contributed by atoms with E-state index >= 15 is 0 Å². The fourth-order valence-electron chi connectivity index (χ4n) is 4.02. The van der Waals surface area contributed by atoms with Gasteiger partial charge in [-0.2, -0.15) is 0 Å². The maximum absolute atomic E-state index is 13.4. The van der Waals surface area contributed by atoms with E-state index in [0.29, 0.717) is 32.1 Å². The van der Waals surface area contributed by atoms with Crippen LogP contribution in [-0.4, -0.2) is 30.6 Å². The van der Waals surface area contributed by atoms with Gasteiger partial charge in [-0.3, -0.25) is 4.79 Å². The second kappa shape index (κ2) is 9.18. The van der Waals surface area contributed by atoms with E-state index in [1.807, 2.05) is 71.6 Å². The standard InChI is InChI=1S/C27H25NO4/c29-27(26-18-22-10-4-5-11-23(22)32-26)28(14-6-9-20-7-2-1-3-8-20)19-21-12-13-24-25(17-21)31-16-15-30-24/h1-5,7-8,10-13,17-18H,6,9,14-16,19H2. The van der Waals surface area contributed by atoms with Gasteiger partial charge in [-0.05, 0) is 48.2 Å².